The van der Waals surface area contributed by atoms with Gasteiger partial charge in [-0.25, -0.2) is 13.1 Å². The fraction of sp³-hybridized carbons (Fsp3) is 0.400. The van der Waals surface area contributed by atoms with Crippen LogP contribution in [0.3, 0.4) is 0 Å². The molecule has 0 aliphatic rings. The summed E-state index contributed by atoms with van der Waals surface area (Å²) in [5.41, 5.74) is 3.55. The summed E-state index contributed by atoms with van der Waals surface area (Å²) in [6.45, 7) is 8.65. The second-order valence-corrected chi connectivity index (χ2v) is 6.90. The van der Waals surface area contributed by atoms with Crippen LogP contribution in [0.5, 0.6) is 0 Å². The second kappa shape index (κ2) is 5.99. The molecular formula is C15H21N3O2S. The van der Waals surface area contributed by atoms with Crippen molar-refractivity contribution in [3.8, 4) is 0 Å². The normalized spacial score (nSPS) is 11.8. The molecule has 1 aromatic heterocycles. The van der Waals surface area contributed by atoms with Crippen molar-refractivity contribution in [3.63, 3.8) is 0 Å². The van der Waals surface area contributed by atoms with E-state index in [0.717, 1.165) is 28.9 Å². The van der Waals surface area contributed by atoms with Gasteiger partial charge in [-0.1, -0.05) is 12.1 Å². The van der Waals surface area contributed by atoms with Gasteiger partial charge in [-0.05, 0) is 44.9 Å². The average molecular weight is 307 g/mol. The first-order valence-electron chi connectivity index (χ1n) is 6.93. The molecule has 6 heteroatoms. The number of aromatic nitrogens is 2. The Morgan fingerprint density at radius 1 is 1.24 bits per heavy atom. The molecule has 0 aliphatic heterocycles. The van der Waals surface area contributed by atoms with Gasteiger partial charge in [-0.2, -0.15) is 5.10 Å². The van der Waals surface area contributed by atoms with Crippen molar-refractivity contribution in [2.45, 2.75) is 45.7 Å². The van der Waals surface area contributed by atoms with Crippen molar-refractivity contribution in [1.82, 2.24) is 14.5 Å². The molecule has 1 heterocycles. The van der Waals surface area contributed by atoms with Crippen LogP contribution in [0.2, 0.25) is 0 Å². The molecular weight excluding hydrogens is 286 g/mol. The Kier molecular flexibility index (Phi) is 4.49. The molecule has 0 radical (unpaired) electrons. The zero-order valence-corrected chi connectivity index (χ0v) is 13.7. The molecule has 2 aromatic rings. The van der Waals surface area contributed by atoms with Crippen molar-refractivity contribution in [3.05, 3.63) is 46.8 Å². The van der Waals surface area contributed by atoms with Gasteiger partial charge in [-0.3, -0.25) is 4.68 Å². The minimum atomic E-state index is -3.51. The van der Waals surface area contributed by atoms with Crippen LogP contribution in [0.15, 0.2) is 29.3 Å². The number of sulfonamides is 1. The SMILES string of the molecule is CCn1ncc(CNS(=O)(=O)c2cc(C)ccc2C)c1C. The summed E-state index contributed by atoms with van der Waals surface area (Å²) in [6, 6.07) is 5.42. The van der Waals surface area contributed by atoms with E-state index in [2.05, 4.69) is 9.82 Å². The van der Waals surface area contributed by atoms with Crippen LogP contribution in [0.1, 0.15) is 29.3 Å². The highest BCUT2D eigenvalue weighted by Gasteiger charge is 2.17. The molecule has 5 nitrogen and oxygen atoms in total. The predicted octanol–water partition coefficient (Wildman–Crippen LogP) is 2.31. The molecule has 0 fully saturated rings. The Balaban J connectivity index is 2.22. The number of rotatable bonds is 5. The summed E-state index contributed by atoms with van der Waals surface area (Å²) in [6.07, 6.45) is 1.71. The topological polar surface area (TPSA) is 64.0 Å². The van der Waals surface area contributed by atoms with E-state index in [1.54, 1.807) is 19.2 Å². The van der Waals surface area contributed by atoms with E-state index in [-0.39, 0.29) is 6.54 Å². The molecule has 0 saturated carbocycles. The van der Waals surface area contributed by atoms with Gasteiger partial charge in [0, 0.05) is 24.3 Å². The van der Waals surface area contributed by atoms with Crippen LogP contribution in [0.25, 0.3) is 0 Å². The maximum Gasteiger partial charge on any atom is 0.241 e. The van der Waals surface area contributed by atoms with Crippen LogP contribution in [0.4, 0.5) is 0 Å². The fourth-order valence-corrected chi connectivity index (χ4v) is 3.56. The van der Waals surface area contributed by atoms with E-state index in [1.165, 1.54) is 0 Å². The maximum atomic E-state index is 12.4. The zero-order chi connectivity index (χ0) is 15.6. The van der Waals surface area contributed by atoms with E-state index < -0.39 is 10.0 Å². The van der Waals surface area contributed by atoms with E-state index >= 15 is 0 Å². The van der Waals surface area contributed by atoms with Gasteiger partial charge in [0.05, 0.1) is 11.1 Å². The number of aryl methyl sites for hydroxylation is 3. The zero-order valence-electron chi connectivity index (χ0n) is 12.8. The molecule has 114 valence electrons. The lowest BCUT2D eigenvalue weighted by molar-refractivity contribution is 0.580. The van der Waals surface area contributed by atoms with Gasteiger partial charge in [0.15, 0.2) is 0 Å². The van der Waals surface area contributed by atoms with Crippen LogP contribution in [-0.4, -0.2) is 18.2 Å². The van der Waals surface area contributed by atoms with E-state index in [0.29, 0.717) is 4.90 Å². The van der Waals surface area contributed by atoms with Crippen LogP contribution in [0, 0.1) is 20.8 Å². The molecule has 0 unspecified atom stereocenters. The molecule has 0 amide bonds. The van der Waals surface area contributed by atoms with E-state index in [4.69, 9.17) is 0 Å². The Labute approximate surface area is 126 Å². The molecule has 0 saturated heterocycles. The third-order valence-corrected chi connectivity index (χ3v) is 5.13. The van der Waals surface area contributed by atoms with Gasteiger partial charge in [0.2, 0.25) is 10.0 Å². The van der Waals surface area contributed by atoms with Gasteiger partial charge in [0.1, 0.15) is 0 Å². The molecule has 21 heavy (non-hydrogen) atoms. The van der Waals surface area contributed by atoms with Gasteiger partial charge >= 0.3 is 0 Å². The van der Waals surface area contributed by atoms with Gasteiger partial charge in [-0.15, -0.1) is 0 Å². The maximum absolute atomic E-state index is 12.4. The second-order valence-electron chi connectivity index (χ2n) is 5.16. The van der Waals surface area contributed by atoms with Gasteiger partial charge in [0.25, 0.3) is 0 Å². The predicted molar refractivity (Wildman–Crippen MR) is 82.6 cm³/mol. The molecule has 0 bridgehead atoms. The summed E-state index contributed by atoms with van der Waals surface area (Å²) < 4.78 is 29.4. The molecule has 0 aliphatic carbocycles. The highest BCUT2D eigenvalue weighted by Crippen LogP contribution is 2.17. The lowest BCUT2D eigenvalue weighted by atomic mass is 10.2. The Bertz CT molecular complexity index is 748. The highest BCUT2D eigenvalue weighted by atomic mass is 32.2. The molecule has 1 aromatic carbocycles. The Hall–Kier alpha value is -1.66. The van der Waals surface area contributed by atoms with Crippen LogP contribution >= 0.6 is 0 Å². The smallest absolute Gasteiger partial charge is 0.241 e. The fourth-order valence-electron chi connectivity index (χ4n) is 2.22. The monoisotopic (exact) mass is 307 g/mol. The lowest BCUT2D eigenvalue weighted by Gasteiger charge is -2.10. The summed E-state index contributed by atoms with van der Waals surface area (Å²) in [5, 5.41) is 4.22. The Morgan fingerprint density at radius 3 is 2.57 bits per heavy atom. The minimum Gasteiger partial charge on any atom is -0.270 e. The largest absolute Gasteiger partial charge is 0.270 e. The van der Waals surface area contributed by atoms with Crippen molar-refractivity contribution >= 4 is 10.0 Å². The molecule has 2 rings (SSSR count). The first-order chi connectivity index (χ1) is 9.85. The summed E-state index contributed by atoms with van der Waals surface area (Å²) >= 11 is 0. The van der Waals surface area contributed by atoms with Crippen molar-refractivity contribution in [2.24, 2.45) is 0 Å². The molecule has 0 atom stereocenters. The average Bonchev–Trinajstić information content (AvgIpc) is 2.79. The number of hydrogen-bond donors (Lipinski definition) is 1. The lowest BCUT2D eigenvalue weighted by Crippen LogP contribution is -2.24. The van der Waals surface area contributed by atoms with Crippen LogP contribution < -0.4 is 4.72 Å². The first-order valence-corrected chi connectivity index (χ1v) is 8.41. The quantitative estimate of drug-likeness (QED) is 0.922. The highest BCUT2D eigenvalue weighted by molar-refractivity contribution is 7.89. The van der Waals surface area contributed by atoms with E-state index in [1.807, 2.05) is 37.6 Å². The number of benzene rings is 1. The summed E-state index contributed by atoms with van der Waals surface area (Å²) in [7, 11) is -3.51. The standard InChI is InChI=1S/C15H21N3O2S/c1-5-18-13(4)14(9-16-18)10-17-21(19,20)15-8-11(2)6-7-12(15)3/h6-9,17H,5,10H2,1-4H3. The summed E-state index contributed by atoms with van der Waals surface area (Å²) in [5.74, 6) is 0. The number of hydrogen-bond acceptors (Lipinski definition) is 3. The number of nitrogens with one attached hydrogen (secondary N) is 1. The molecule has 1 N–H and O–H groups in total. The number of nitrogens with zero attached hydrogens (tertiary/aromatic N) is 2. The first kappa shape index (κ1) is 15.7. The third kappa shape index (κ3) is 3.33. The Morgan fingerprint density at radius 2 is 1.95 bits per heavy atom. The van der Waals surface area contributed by atoms with Crippen molar-refractivity contribution in [2.75, 3.05) is 0 Å². The van der Waals surface area contributed by atoms with Crippen LogP contribution in [-0.2, 0) is 23.1 Å². The summed E-state index contributed by atoms with van der Waals surface area (Å²) in [4.78, 5) is 0.336. The van der Waals surface area contributed by atoms with E-state index in [9.17, 15) is 8.42 Å². The van der Waals surface area contributed by atoms with Gasteiger partial charge < -0.3 is 0 Å². The molecule has 0 spiro atoms. The minimum absolute atomic E-state index is 0.252. The van der Waals surface area contributed by atoms with Crippen molar-refractivity contribution < 1.29 is 8.42 Å². The third-order valence-electron chi connectivity index (χ3n) is 3.59. The van der Waals surface area contributed by atoms with Crippen molar-refractivity contribution in [1.29, 1.82) is 0 Å².